The summed E-state index contributed by atoms with van der Waals surface area (Å²) in [5.74, 6) is 0. The van der Waals surface area contributed by atoms with E-state index in [1.54, 1.807) is 0 Å². The van der Waals surface area contributed by atoms with Crippen molar-refractivity contribution in [3.63, 3.8) is 0 Å². The fraction of sp³-hybridized carbons (Fsp3) is 0.0714. The molecule has 5 aromatic carbocycles. The first-order valence-corrected chi connectivity index (χ1v) is 10.3. The van der Waals surface area contributed by atoms with Gasteiger partial charge in [0.15, 0.2) is 0 Å². The van der Waals surface area contributed by atoms with Gasteiger partial charge in [-0.15, -0.1) is 0 Å². The average Bonchev–Trinajstić information content (AvgIpc) is 3.10. The van der Waals surface area contributed by atoms with Crippen LogP contribution in [0.4, 0.5) is 0 Å². The van der Waals surface area contributed by atoms with Crippen LogP contribution in [0.5, 0.6) is 0 Å². The molecule has 0 aliphatic carbocycles. The third-order valence-corrected chi connectivity index (χ3v) is 6.63. The maximum atomic E-state index is 2.37. The molecule has 1 heterocycles. The van der Waals surface area contributed by atoms with Crippen LogP contribution >= 0.6 is 0 Å². The molecule has 0 unspecified atom stereocenters. The second-order valence-corrected chi connectivity index (χ2v) is 8.24. The lowest BCUT2D eigenvalue weighted by Gasteiger charge is -2.12. The van der Waals surface area contributed by atoms with Crippen LogP contribution in [-0.4, -0.2) is 6.71 Å². The molecule has 29 heavy (non-hydrogen) atoms. The van der Waals surface area contributed by atoms with E-state index >= 15 is 0 Å². The Bertz CT molecular complexity index is 1320. The van der Waals surface area contributed by atoms with Crippen molar-refractivity contribution in [2.75, 3.05) is 0 Å². The Morgan fingerprint density at radius 3 is 1.48 bits per heavy atom. The quantitative estimate of drug-likeness (QED) is 0.354. The van der Waals surface area contributed by atoms with E-state index in [0.717, 1.165) is 0 Å². The Hall–Kier alpha value is -3.32. The summed E-state index contributed by atoms with van der Waals surface area (Å²) >= 11 is 0. The summed E-state index contributed by atoms with van der Waals surface area (Å²) in [4.78, 5) is 0. The highest BCUT2D eigenvalue weighted by Gasteiger charge is 2.35. The van der Waals surface area contributed by atoms with E-state index in [1.807, 2.05) is 0 Å². The van der Waals surface area contributed by atoms with Gasteiger partial charge >= 0.3 is 0 Å². The summed E-state index contributed by atoms with van der Waals surface area (Å²) in [6, 6.07) is 33.7. The molecule has 136 valence electrons. The highest BCUT2D eigenvalue weighted by Crippen LogP contribution is 2.37. The minimum absolute atomic E-state index is 0.288. The number of hydrogen-bond donors (Lipinski definition) is 0. The molecule has 0 atom stereocenters. The SMILES string of the molecule is Cc1cccc2c3c(ccc12)B(c1ccccc1)c1ccc2c(C)cccc2c1-3. The molecule has 0 radical (unpaired) electrons. The third kappa shape index (κ3) is 2.28. The number of benzene rings is 5. The van der Waals surface area contributed by atoms with Crippen molar-refractivity contribution in [2.24, 2.45) is 0 Å². The van der Waals surface area contributed by atoms with Crippen LogP contribution in [0.1, 0.15) is 11.1 Å². The lowest BCUT2D eigenvalue weighted by Crippen LogP contribution is -2.48. The van der Waals surface area contributed by atoms with E-state index in [1.165, 1.54) is 60.2 Å². The molecule has 1 aliphatic rings. The molecule has 0 fully saturated rings. The van der Waals surface area contributed by atoms with Gasteiger partial charge in [-0.1, -0.05) is 107 Å². The molecule has 1 heteroatoms. The first-order valence-electron chi connectivity index (χ1n) is 10.3. The third-order valence-electron chi connectivity index (χ3n) is 6.63. The molecule has 0 N–H and O–H groups in total. The first kappa shape index (κ1) is 16.6. The Labute approximate surface area is 171 Å². The monoisotopic (exact) mass is 368 g/mol. The van der Waals surface area contributed by atoms with E-state index in [2.05, 4.69) is 105 Å². The van der Waals surface area contributed by atoms with E-state index in [9.17, 15) is 0 Å². The van der Waals surface area contributed by atoms with Crippen LogP contribution in [0.25, 0.3) is 32.7 Å². The van der Waals surface area contributed by atoms with Crippen molar-refractivity contribution in [3.8, 4) is 11.1 Å². The van der Waals surface area contributed by atoms with E-state index in [0.29, 0.717) is 0 Å². The van der Waals surface area contributed by atoms with Crippen molar-refractivity contribution >= 4 is 44.6 Å². The van der Waals surface area contributed by atoms with Crippen LogP contribution in [0.3, 0.4) is 0 Å². The number of hydrogen-bond acceptors (Lipinski definition) is 0. The molecule has 0 aromatic heterocycles. The molecule has 5 aromatic rings. The van der Waals surface area contributed by atoms with Gasteiger partial charge in [-0.3, -0.25) is 0 Å². The van der Waals surface area contributed by atoms with Crippen LogP contribution in [-0.2, 0) is 0 Å². The highest BCUT2D eigenvalue weighted by atomic mass is 14.2. The molecule has 0 nitrogen and oxygen atoms in total. The Morgan fingerprint density at radius 1 is 0.448 bits per heavy atom. The number of aryl methyl sites for hydroxylation is 2. The van der Waals surface area contributed by atoms with Crippen LogP contribution in [0.15, 0.2) is 91.0 Å². The molecular weight excluding hydrogens is 347 g/mol. The summed E-state index contributed by atoms with van der Waals surface area (Å²) in [5, 5.41) is 5.46. The van der Waals surface area contributed by atoms with Gasteiger partial charge in [-0.05, 0) is 57.6 Å². The number of rotatable bonds is 1. The fourth-order valence-electron chi connectivity index (χ4n) is 5.27. The van der Waals surface area contributed by atoms with Crippen molar-refractivity contribution in [2.45, 2.75) is 13.8 Å². The zero-order valence-corrected chi connectivity index (χ0v) is 16.7. The number of fused-ring (bicyclic) bond motifs is 7. The summed E-state index contributed by atoms with van der Waals surface area (Å²) < 4.78 is 0. The summed E-state index contributed by atoms with van der Waals surface area (Å²) in [6.45, 7) is 4.72. The second kappa shape index (κ2) is 6.09. The highest BCUT2D eigenvalue weighted by molar-refractivity contribution is 6.99. The normalized spacial score (nSPS) is 12.4. The van der Waals surface area contributed by atoms with Gasteiger partial charge < -0.3 is 0 Å². The van der Waals surface area contributed by atoms with Gasteiger partial charge in [-0.2, -0.15) is 0 Å². The van der Waals surface area contributed by atoms with Crippen molar-refractivity contribution in [1.29, 1.82) is 0 Å². The van der Waals surface area contributed by atoms with E-state index in [-0.39, 0.29) is 6.71 Å². The van der Waals surface area contributed by atoms with Crippen molar-refractivity contribution in [1.82, 2.24) is 0 Å². The minimum atomic E-state index is 0.288. The molecule has 0 amide bonds. The Balaban J connectivity index is 1.82. The molecule has 6 rings (SSSR count). The molecule has 1 aliphatic heterocycles. The van der Waals surface area contributed by atoms with Gasteiger partial charge in [0.25, 0.3) is 0 Å². The topological polar surface area (TPSA) is 0 Å². The molecule has 0 bridgehead atoms. The van der Waals surface area contributed by atoms with Gasteiger partial charge in [0.1, 0.15) is 0 Å². The Kier molecular flexibility index (Phi) is 3.49. The lowest BCUT2D eigenvalue weighted by atomic mass is 9.39. The first-order chi connectivity index (χ1) is 14.2. The summed E-state index contributed by atoms with van der Waals surface area (Å²) in [6.07, 6.45) is 0. The Morgan fingerprint density at radius 2 is 0.966 bits per heavy atom. The van der Waals surface area contributed by atoms with Gasteiger partial charge in [-0.25, -0.2) is 0 Å². The second-order valence-electron chi connectivity index (χ2n) is 8.24. The standard InChI is InChI=1S/C28H21B/c1-18-8-6-12-23-21(18)14-16-25-27(23)28-24-13-7-9-19(2)22(24)15-17-26(28)29(25)20-10-4-3-5-11-20/h3-17H,1-2H3. The van der Waals surface area contributed by atoms with Gasteiger partial charge in [0, 0.05) is 0 Å². The molecule has 0 saturated carbocycles. The molecular formula is C28H21B. The van der Waals surface area contributed by atoms with Gasteiger partial charge in [0.05, 0.1) is 0 Å². The van der Waals surface area contributed by atoms with E-state index < -0.39 is 0 Å². The van der Waals surface area contributed by atoms with Crippen molar-refractivity contribution in [3.05, 3.63) is 102 Å². The van der Waals surface area contributed by atoms with Crippen LogP contribution in [0, 0.1) is 13.8 Å². The summed E-state index contributed by atoms with van der Waals surface area (Å²) in [7, 11) is 0. The van der Waals surface area contributed by atoms with Crippen LogP contribution < -0.4 is 16.4 Å². The largest absolute Gasteiger partial charge is 0.242 e. The molecule has 0 spiro atoms. The average molecular weight is 368 g/mol. The van der Waals surface area contributed by atoms with Crippen LogP contribution in [0.2, 0.25) is 0 Å². The maximum Gasteiger partial charge on any atom is 0.242 e. The predicted octanol–water partition coefficient (Wildman–Crippen LogP) is 5.11. The van der Waals surface area contributed by atoms with E-state index in [4.69, 9.17) is 0 Å². The van der Waals surface area contributed by atoms with Gasteiger partial charge in [0.2, 0.25) is 6.71 Å². The van der Waals surface area contributed by atoms with Crippen molar-refractivity contribution < 1.29 is 0 Å². The fourth-order valence-corrected chi connectivity index (χ4v) is 5.27. The zero-order chi connectivity index (χ0) is 19.5. The summed E-state index contributed by atoms with van der Waals surface area (Å²) in [5.41, 5.74) is 9.75. The lowest BCUT2D eigenvalue weighted by molar-refractivity contribution is 1.53. The molecule has 0 saturated heterocycles. The maximum absolute atomic E-state index is 2.37. The minimum Gasteiger partial charge on any atom is -0.0686 e. The predicted molar refractivity (Wildman–Crippen MR) is 127 cm³/mol. The zero-order valence-electron chi connectivity index (χ0n) is 16.7. The smallest absolute Gasteiger partial charge is 0.0686 e.